The lowest BCUT2D eigenvalue weighted by Crippen LogP contribution is -2.35. The van der Waals surface area contributed by atoms with Crippen LogP contribution in [0.4, 0.5) is 0 Å². The van der Waals surface area contributed by atoms with E-state index in [-0.39, 0.29) is 0 Å². The largest absolute Gasteiger partial charge is 0.505 e. The van der Waals surface area contributed by atoms with Gasteiger partial charge in [-0.05, 0) is 0 Å². The molecule has 0 saturated carbocycles. The predicted molar refractivity (Wildman–Crippen MR) is 43.1 cm³/mol. The number of rotatable bonds is 2. The van der Waals surface area contributed by atoms with Gasteiger partial charge in [0, 0.05) is 0 Å². The average molecular weight is 255 g/mol. The van der Waals surface area contributed by atoms with Crippen molar-refractivity contribution in [1.29, 1.82) is 0 Å². The van der Waals surface area contributed by atoms with Crippen molar-refractivity contribution < 1.29 is 30.0 Å². The first kappa shape index (κ1) is 10.3. The van der Waals surface area contributed by atoms with Crippen molar-refractivity contribution in [3.8, 4) is 0 Å². The first-order valence-corrected chi connectivity index (χ1v) is 4.20. The number of carbonyl (C=O) groups excluding carboxylic acids is 1. The molecule has 0 saturated heterocycles. The third-order valence-corrected chi connectivity index (χ3v) is 2.07. The Labute approximate surface area is 81.2 Å². The average Bonchev–Trinajstić information content (AvgIpc) is 2.31. The van der Waals surface area contributed by atoms with E-state index in [1.165, 1.54) is 0 Å². The second kappa shape index (κ2) is 3.52. The summed E-state index contributed by atoms with van der Waals surface area (Å²) in [6.45, 7) is 0. The lowest BCUT2D eigenvalue weighted by atomic mass is 10.2. The fraction of sp³-hybridized carbons (Fsp3) is 0.500. The summed E-state index contributed by atoms with van der Waals surface area (Å²) in [5.74, 6) is -2.86. The Bertz CT molecular complexity index is 260. The van der Waals surface area contributed by atoms with E-state index in [4.69, 9.17) is 20.4 Å². The highest BCUT2D eigenvalue weighted by atomic mass is 79.9. The molecule has 1 heterocycles. The van der Waals surface area contributed by atoms with Crippen LogP contribution in [0.15, 0.2) is 11.5 Å². The summed E-state index contributed by atoms with van der Waals surface area (Å²) in [7, 11) is 0. The quantitative estimate of drug-likeness (QED) is 0.384. The molecule has 0 aromatic carbocycles. The van der Waals surface area contributed by atoms with Gasteiger partial charge in [-0.25, -0.2) is 4.79 Å². The van der Waals surface area contributed by atoms with Gasteiger partial charge in [-0.3, -0.25) is 0 Å². The molecular formula is C6H7BrO6. The molecular weight excluding hydrogens is 248 g/mol. The summed E-state index contributed by atoms with van der Waals surface area (Å²) < 4.78 is 4.36. The fourth-order valence-electron chi connectivity index (χ4n) is 0.842. The highest BCUT2D eigenvalue weighted by molar-refractivity contribution is 9.09. The molecule has 74 valence electrons. The SMILES string of the molecule is O=C1O[C@H]([C@@H](O)C(O)Br)C(O)=C1O. The zero-order chi connectivity index (χ0) is 10.2. The van der Waals surface area contributed by atoms with Crippen LogP contribution < -0.4 is 0 Å². The van der Waals surface area contributed by atoms with Gasteiger partial charge in [-0.1, -0.05) is 15.9 Å². The number of ether oxygens (including phenoxy) is 1. The Kier molecular flexibility index (Phi) is 2.79. The van der Waals surface area contributed by atoms with Gasteiger partial charge in [0.2, 0.25) is 5.76 Å². The highest BCUT2D eigenvalue weighted by Crippen LogP contribution is 2.24. The molecule has 6 nitrogen and oxygen atoms in total. The molecule has 3 atom stereocenters. The van der Waals surface area contributed by atoms with Crippen LogP contribution >= 0.6 is 15.9 Å². The molecule has 0 fully saturated rings. The van der Waals surface area contributed by atoms with Crippen molar-refractivity contribution in [3.63, 3.8) is 0 Å². The second-order valence-electron chi connectivity index (χ2n) is 2.42. The van der Waals surface area contributed by atoms with Gasteiger partial charge in [0.1, 0.15) is 11.1 Å². The van der Waals surface area contributed by atoms with Crippen LogP contribution in [0.3, 0.4) is 0 Å². The second-order valence-corrected chi connectivity index (χ2v) is 3.36. The number of hydrogen-bond donors (Lipinski definition) is 4. The van der Waals surface area contributed by atoms with Crippen LogP contribution in [-0.4, -0.2) is 43.6 Å². The van der Waals surface area contributed by atoms with Gasteiger partial charge in [0.25, 0.3) is 0 Å². The van der Waals surface area contributed by atoms with Gasteiger partial charge in [-0.15, -0.1) is 0 Å². The third kappa shape index (κ3) is 1.77. The minimum Gasteiger partial charge on any atom is -0.505 e. The van der Waals surface area contributed by atoms with Crippen molar-refractivity contribution in [1.82, 2.24) is 0 Å². The summed E-state index contributed by atoms with van der Waals surface area (Å²) in [6, 6.07) is 0. The van der Waals surface area contributed by atoms with E-state index in [1.54, 1.807) is 0 Å². The normalized spacial score (nSPS) is 27.3. The van der Waals surface area contributed by atoms with Crippen molar-refractivity contribution in [2.75, 3.05) is 0 Å². The van der Waals surface area contributed by atoms with Gasteiger partial charge in [0.05, 0.1) is 0 Å². The van der Waals surface area contributed by atoms with E-state index < -0.39 is 34.7 Å². The smallest absolute Gasteiger partial charge is 0.377 e. The van der Waals surface area contributed by atoms with Gasteiger partial charge >= 0.3 is 5.97 Å². The minimum atomic E-state index is -1.53. The third-order valence-electron chi connectivity index (χ3n) is 1.53. The number of hydrogen-bond acceptors (Lipinski definition) is 6. The molecule has 1 unspecified atom stereocenters. The topological polar surface area (TPSA) is 107 Å². The summed E-state index contributed by atoms with van der Waals surface area (Å²) >= 11 is 2.62. The Balaban J connectivity index is 2.82. The van der Waals surface area contributed by atoms with E-state index in [2.05, 4.69) is 20.7 Å². The molecule has 4 N–H and O–H groups in total. The molecule has 0 aromatic heterocycles. The van der Waals surface area contributed by atoms with E-state index >= 15 is 0 Å². The van der Waals surface area contributed by atoms with Crippen molar-refractivity contribution in [3.05, 3.63) is 11.5 Å². The predicted octanol–water partition coefficient (Wildman–Crippen LogP) is -0.686. The molecule has 13 heavy (non-hydrogen) atoms. The van der Waals surface area contributed by atoms with E-state index in [0.717, 1.165) is 0 Å². The number of cyclic esters (lactones) is 1. The van der Waals surface area contributed by atoms with Crippen LogP contribution in [0.1, 0.15) is 0 Å². The van der Waals surface area contributed by atoms with Crippen LogP contribution in [0.5, 0.6) is 0 Å². The molecule has 0 aromatic rings. The van der Waals surface area contributed by atoms with Crippen molar-refractivity contribution in [2.45, 2.75) is 17.2 Å². The van der Waals surface area contributed by atoms with Crippen molar-refractivity contribution >= 4 is 21.9 Å². The highest BCUT2D eigenvalue weighted by Gasteiger charge is 2.41. The van der Waals surface area contributed by atoms with E-state index in [0.29, 0.717) is 0 Å². The van der Waals surface area contributed by atoms with Crippen LogP contribution in [-0.2, 0) is 9.53 Å². The summed E-state index contributed by atoms with van der Waals surface area (Å²) in [5, 5.41) is 34.5. The number of aliphatic hydroxyl groups is 4. The standard InChI is InChI=1S/C6H7BrO6/c7-5(11)3(10)4-1(8)2(9)6(12)13-4/h3-5,8-11H/t3-,4+,5?/m1/s1. The maximum absolute atomic E-state index is 10.6. The Morgan fingerprint density at radius 2 is 1.92 bits per heavy atom. The minimum absolute atomic E-state index is 0.781. The molecule has 7 heteroatoms. The van der Waals surface area contributed by atoms with Crippen LogP contribution in [0.25, 0.3) is 0 Å². The molecule has 0 aliphatic carbocycles. The maximum atomic E-state index is 10.6. The number of halogens is 1. The van der Waals surface area contributed by atoms with Crippen LogP contribution in [0, 0.1) is 0 Å². The van der Waals surface area contributed by atoms with E-state index in [1.807, 2.05) is 0 Å². The van der Waals surface area contributed by atoms with Gasteiger partial charge in [-0.2, -0.15) is 0 Å². The van der Waals surface area contributed by atoms with E-state index in [9.17, 15) is 4.79 Å². The summed E-state index contributed by atoms with van der Waals surface area (Å²) in [4.78, 5) is 10.6. The lowest BCUT2D eigenvalue weighted by Gasteiger charge is -2.18. The maximum Gasteiger partial charge on any atom is 0.377 e. The Morgan fingerprint density at radius 1 is 1.38 bits per heavy atom. The number of carbonyl (C=O) groups is 1. The zero-order valence-corrected chi connectivity index (χ0v) is 7.80. The molecule has 0 radical (unpaired) electrons. The van der Waals surface area contributed by atoms with Gasteiger partial charge < -0.3 is 25.2 Å². The monoisotopic (exact) mass is 254 g/mol. The molecule has 0 amide bonds. The lowest BCUT2D eigenvalue weighted by molar-refractivity contribution is -0.148. The molecule has 1 rings (SSSR count). The Hall–Kier alpha value is -0.790. The van der Waals surface area contributed by atoms with Crippen molar-refractivity contribution in [2.24, 2.45) is 0 Å². The molecule has 0 bridgehead atoms. The van der Waals surface area contributed by atoms with Gasteiger partial charge in [0.15, 0.2) is 11.9 Å². The fourth-order valence-corrected chi connectivity index (χ4v) is 1.12. The number of alkyl halides is 1. The summed E-state index contributed by atoms with van der Waals surface area (Å²) in [6.07, 6.45) is -2.96. The zero-order valence-electron chi connectivity index (χ0n) is 6.22. The molecule has 0 spiro atoms. The summed E-state index contributed by atoms with van der Waals surface area (Å²) in [5.41, 5.74) is 0. The first-order chi connectivity index (χ1) is 5.95. The molecule has 1 aliphatic rings. The first-order valence-electron chi connectivity index (χ1n) is 3.28. The number of esters is 1. The van der Waals surface area contributed by atoms with Crippen LogP contribution in [0.2, 0.25) is 0 Å². The number of aliphatic hydroxyl groups excluding tert-OH is 4. The molecule has 1 aliphatic heterocycles. The Morgan fingerprint density at radius 3 is 2.23 bits per heavy atom.